The first kappa shape index (κ1) is 14.1. The first-order valence-electron chi connectivity index (χ1n) is 7.36. The Hall–Kier alpha value is -0.365. The Kier molecular flexibility index (Phi) is 3.61. The average molecular weight is 264 g/mol. The highest BCUT2D eigenvalue weighted by atomic mass is 32.3. The van der Waals surface area contributed by atoms with Gasteiger partial charge in [0.25, 0.3) is 0 Å². The second kappa shape index (κ2) is 4.63. The van der Waals surface area contributed by atoms with Gasteiger partial charge < -0.3 is 0 Å². The number of rotatable bonds is 2. The molecule has 1 fully saturated rings. The minimum absolute atomic E-state index is 0.831. The molecule has 2 rings (SSSR count). The molecule has 0 amide bonds. The maximum Gasteiger partial charge on any atom is 0.140 e. The Labute approximate surface area is 114 Å². The van der Waals surface area contributed by atoms with E-state index in [1.807, 2.05) is 0 Å². The summed E-state index contributed by atoms with van der Waals surface area (Å²) in [5.41, 5.74) is 3.24. The standard InChI is InChI=1S/C16H29BS/c1-18(2,3,4)15-12-8-11-14(16(15)17)13-9-6-5-7-10-13/h8,11-13,18H,5-7,9-10,17H2,1-4H3. The average Bonchev–Trinajstić information content (AvgIpc) is 2.28. The largest absolute Gasteiger partial charge is 0.272 e. The Bertz CT molecular complexity index is 427. The van der Waals surface area contributed by atoms with E-state index in [1.165, 1.54) is 32.1 Å². The fourth-order valence-electron chi connectivity index (χ4n) is 3.47. The fraction of sp³-hybridized carbons (Fsp3) is 0.625. The Balaban J connectivity index is 2.42. The summed E-state index contributed by atoms with van der Waals surface area (Å²) in [5, 5.41) is 0. The molecule has 0 bridgehead atoms. The monoisotopic (exact) mass is 264 g/mol. The number of benzene rings is 1. The van der Waals surface area contributed by atoms with E-state index in [1.54, 1.807) is 15.9 Å². The second-order valence-corrected chi connectivity index (χ2v) is 15.5. The van der Waals surface area contributed by atoms with Crippen LogP contribution in [0.15, 0.2) is 23.1 Å². The summed E-state index contributed by atoms with van der Waals surface area (Å²) < 4.78 is 0. The minimum atomic E-state index is -1.64. The lowest BCUT2D eigenvalue weighted by molar-refractivity contribution is 0.444. The van der Waals surface area contributed by atoms with E-state index in [4.69, 9.17) is 0 Å². The topological polar surface area (TPSA) is 0 Å². The zero-order valence-electron chi connectivity index (χ0n) is 12.8. The van der Waals surface area contributed by atoms with Crippen molar-refractivity contribution in [2.24, 2.45) is 0 Å². The Morgan fingerprint density at radius 1 is 1.00 bits per heavy atom. The van der Waals surface area contributed by atoms with Crippen molar-refractivity contribution in [1.29, 1.82) is 0 Å². The van der Waals surface area contributed by atoms with E-state index in [2.05, 4.69) is 51.1 Å². The summed E-state index contributed by atoms with van der Waals surface area (Å²) >= 11 is 0. The van der Waals surface area contributed by atoms with E-state index in [-0.39, 0.29) is 0 Å². The van der Waals surface area contributed by atoms with E-state index in [0.29, 0.717) is 0 Å². The lowest BCUT2D eigenvalue weighted by atomic mass is 9.77. The maximum absolute atomic E-state index is 2.47. The molecule has 0 heterocycles. The molecule has 0 atom stereocenters. The van der Waals surface area contributed by atoms with Crippen LogP contribution in [0.3, 0.4) is 0 Å². The van der Waals surface area contributed by atoms with Gasteiger partial charge in [-0.1, -0.05) is 48.5 Å². The molecule has 2 heteroatoms. The molecule has 1 aromatic rings. The molecular formula is C16H29BS. The highest BCUT2D eigenvalue weighted by Gasteiger charge is 2.26. The van der Waals surface area contributed by atoms with Crippen LogP contribution in [-0.4, -0.2) is 32.9 Å². The van der Waals surface area contributed by atoms with Crippen LogP contribution in [-0.2, 0) is 0 Å². The summed E-state index contributed by atoms with van der Waals surface area (Å²) in [7, 11) is 0.720. The van der Waals surface area contributed by atoms with Crippen molar-refractivity contribution in [2.45, 2.75) is 42.9 Å². The van der Waals surface area contributed by atoms with Crippen LogP contribution in [0.4, 0.5) is 0 Å². The highest BCUT2D eigenvalue weighted by molar-refractivity contribution is 8.47. The summed E-state index contributed by atoms with van der Waals surface area (Å²) in [6, 6.07) is 7.06. The summed E-state index contributed by atoms with van der Waals surface area (Å²) in [4.78, 5) is 1.64. The van der Waals surface area contributed by atoms with Gasteiger partial charge in [0.05, 0.1) is 0 Å². The third kappa shape index (κ3) is 2.96. The quantitative estimate of drug-likeness (QED) is 0.616. The van der Waals surface area contributed by atoms with Crippen LogP contribution in [0, 0.1) is 0 Å². The van der Waals surface area contributed by atoms with Crippen LogP contribution in [0.5, 0.6) is 0 Å². The predicted molar refractivity (Wildman–Crippen MR) is 91.4 cm³/mol. The zero-order valence-corrected chi connectivity index (χ0v) is 13.7. The number of thiol groups is 1. The van der Waals surface area contributed by atoms with Crippen molar-refractivity contribution in [3.8, 4) is 0 Å². The zero-order chi connectivity index (χ0) is 13.4. The number of hydrogen-bond acceptors (Lipinski definition) is 0. The molecule has 0 unspecified atom stereocenters. The van der Waals surface area contributed by atoms with E-state index < -0.39 is 9.16 Å². The Morgan fingerprint density at radius 3 is 2.17 bits per heavy atom. The molecule has 0 aliphatic heterocycles. The van der Waals surface area contributed by atoms with Crippen molar-refractivity contribution >= 4 is 22.5 Å². The predicted octanol–water partition coefficient (Wildman–Crippen LogP) is 2.94. The maximum atomic E-state index is 2.47. The molecular weight excluding hydrogens is 235 g/mol. The third-order valence-corrected chi connectivity index (χ3v) is 6.77. The normalized spacial score (nSPS) is 20.3. The van der Waals surface area contributed by atoms with E-state index in [9.17, 15) is 0 Å². The molecule has 1 aliphatic rings. The van der Waals surface area contributed by atoms with Gasteiger partial charge in [0.2, 0.25) is 0 Å². The van der Waals surface area contributed by atoms with Gasteiger partial charge >= 0.3 is 0 Å². The van der Waals surface area contributed by atoms with Gasteiger partial charge in [0.1, 0.15) is 7.85 Å². The van der Waals surface area contributed by atoms with Crippen LogP contribution >= 0.6 is 9.16 Å². The molecule has 0 saturated heterocycles. The van der Waals surface area contributed by atoms with Crippen molar-refractivity contribution < 1.29 is 0 Å². The second-order valence-electron chi connectivity index (χ2n) is 7.90. The third-order valence-electron chi connectivity index (χ3n) is 4.36. The van der Waals surface area contributed by atoms with Crippen molar-refractivity contribution in [1.82, 2.24) is 0 Å². The van der Waals surface area contributed by atoms with Crippen molar-refractivity contribution in [2.75, 3.05) is 25.0 Å². The fourth-order valence-corrected chi connectivity index (χ4v) is 5.62. The van der Waals surface area contributed by atoms with Gasteiger partial charge in [-0.2, -0.15) is 0 Å². The highest BCUT2D eigenvalue weighted by Crippen LogP contribution is 2.62. The van der Waals surface area contributed by atoms with Crippen molar-refractivity contribution in [3.05, 3.63) is 23.8 Å². The van der Waals surface area contributed by atoms with Crippen molar-refractivity contribution in [3.63, 3.8) is 0 Å². The Morgan fingerprint density at radius 2 is 1.61 bits per heavy atom. The van der Waals surface area contributed by atoms with E-state index in [0.717, 1.165) is 5.92 Å². The molecule has 1 saturated carbocycles. The van der Waals surface area contributed by atoms with Crippen LogP contribution in [0.2, 0.25) is 0 Å². The molecule has 1 aromatic carbocycles. The van der Waals surface area contributed by atoms with Gasteiger partial charge in [-0.15, -0.1) is 0 Å². The first-order valence-corrected chi connectivity index (χ1v) is 11.4. The molecule has 0 N–H and O–H groups in total. The molecule has 1 aliphatic carbocycles. The lowest BCUT2D eigenvalue weighted by Gasteiger charge is -2.49. The summed E-state index contributed by atoms with van der Waals surface area (Å²) in [5.74, 6) is 0.831. The molecule has 18 heavy (non-hydrogen) atoms. The van der Waals surface area contributed by atoms with Gasteiger partial charge in [0, 0.05) is 0 Å². The SMILES string of the molecule is Bc1c(C2CCCCC2)cccc1[SH](C)(C)(C)C. The first-order chi connectivity index (χ1) is 8.26. The molecule has 0 spiro atoms. The molecule has 0 aromatic heterocycles. The van der Waals surface area contributed by atoms with Crippen LogP contribution in [0.25, 0.3) is 0 Å². The van der Waals surface area contributed by atoms with Crippen LogP contribution in [0.1, 0.15) is 43.6 Å². The van der Waals surface area contributed by atoms with Gasteiger partial charge in [-0.25, -0.2) is 0 Å². The van der Waals surface area contributed by atoms with Gasteiger partial charge in [-0.05, 0) is 48.7 Å². The molecule has 0 radical (unpaired) electrons. The molecule has 0 nitrogen and oxygen atoms in total. The molecule has 102 valence electrons. The summed E-state index contributed by atoms with van der Waals surface area (Å²) in [6.45, 7) is 0. The lowest BCUT2D eigenvalue weighted by Crippen LogP contribution is -2.26. The van der Waals surface area contributed by atoms with Gasteiger partial charge in [0.15, 0.2) is 0 Å². The minimum Gasteiger partial charge on any atom is -0.272 e. The van der Waals surface area contributed by atoms with Crippen LogP contribution < -0.4 is 5.46 Å². The van der Waals surface area contributed by atoms with Gasteiger partial charge in [-0.3, -0.25) is 9.16 Å². The summed E-state index contributed by atoms with van der Waals surface area (Å²) in [6.07, 6.45) is 17.0. The number of hydrogen-bond donors (Lipinski definition) is 1. The smallest absolute Gasteiger partial charge is 0.140 e. The van der Waals surface area contributed by atoms with E-state index >= 15 is 0 Å².